The standard InChI is InChI=1S/C18H21N3O4/c22-17-11-25-18(13-21(17)16-2-1-4-19-8-16)12-20(5-7-24-14-18)9-15-3-6-23-10-15/h1-4,6,8,10H,5,7,9,11-14H2/t18-/m0/s1. The first-order valence-corrected chi connectivity index (χ1v) is 8.40. The molecular formula is C18H21N3O4. The summed E-state index contributed by atoms with van der Waals surface area (Å²) in [6.07, 6.45) is 6.84. The van der Waals surface area contributed by atoms with Crippen molar-refractivity contribution in [2.24, 2.45) is 0 Å². The molecule has 0 radical (unpaired) electrons. The van der Waals surface area contributed by atoms with Crippen LogP contribution in [0.3, 0.4) is 0 Å². The zero-order valence-electron chi connectivity index (χ0n) is 14.0. The maximum absolute atomic E-state index is 12.4. The molecule has 0 bridgehead atoms. The third kappa shape index (κ3) is 3.58. The highest BCUT2D eigenvalue weighted by Gasteiger charge is 2.43. The van der Waals surface area contributed by atoms with E-state index in [1.54, 1.807) is 29.8 Å². The second kappa shape index (κ2) is 6.95. The summed E-state index contributed by atoms with van der Waals surface area (Å²) in [5.74, 6) is -0.0516. The molecule has 0 aromatic carbocycles. The fourth-order valence-electron chi connectivity index (χ4n) is 3.41. The van der Waals surface area contributed by atoms with Gasteiger partial charge in [0.25, 0.3) is 5.91 Å². The number of hydrogen-bond donors (Lipinski definition) is 0. The van der Waals surface area contributed by atoms with Gasteiger partial charge in [-0.05, 0) is 18.2 Å². The third-order valence-electron chi connectivity index (χ3n) is 4.62. The Kier molecular flexibility index (Phi) is 4.52. The molecule has 25 heavy (non-hydrogen) atoms. The van der Waals surface area contributed by atoms with Crippen molar-refractivity contribution < 1.29 is 18.7 Å². The molecule has 1 spiro atoms. The van der Waals surface area contributed by atoms with E-state index in [0.717, 1.165) is 24.3 Å². The second-order valence-corrected chi connectivity index (χ2v) is 6.56. The van der Waals surface area contributed by atoms with Crippen LogP contribution in [0.15, 0.2) is 47.5 Å². The minimum atomic E-state index is -0.538. The normalized spacial score (nSPS) is 25.3. The minimum Gasteiger partial charge on any atom is -0.472 e. The molecule has 0 aliphatic carbocycles. The summed E-state index contributed by atoms with van der Waals surface area (Å²) in [6.45, 7) is 3.91. The smallest absolute Gasteiger partial charge is 0.253 e. The van der Waals surface area contributed by atoms with Crippen LogP contribution in [0.25, 0.3) is 0 Å². The van der Waals surface area contributed by atoms with Gasteiger partial charge in [0.1, 0.15) is 12.2 Å². The molecule has 4 heterocycles. The number of furan rings is 1. The van der Waals surface area contributed by atoms with Crippen molar-refractivity contribution in [2.45, 2.75) is 12.1 Å². The highest BCUT2D eigenvalue weighted by atomic mass is 16.6. The zero-order chi connectivity index (χ0) is 17.1. The van der Waals surface area contributed by atoms with E-state index in [1.165, 1.54) is 0 Å². The first kappa shape index (κ1) is 16.3. The number of carbonyl (C=O) groups is 1. The molecule has 0 N–H and O–H groups in total. The van der Waals surface area contributed by atoms with Crippen molar-refractivity contribution in [3.8, 4) is 0 Å². The Morgan fingerprint density at radius 2 is 2.24 bits per heavy atom. The number of carbonyl (C=O) groups excluding carboxylic acids is 1. The fourth-order valence-corrected chi connectivity index (χ4v) is 3.41. The van der Waals surface area contributed by atoms with Gasteiger partial charge in [0, 0.05) is 31.4 Å². The van der Waals surface area contributed by atoms with Crippen LogP contribution in [0.4, 0.5) is 5.69 Å². The van der Waals surface area contributed by atoms with Gasteiger partial charge in [-0.2, -0.15) is 0 Å². The van der Waals surface area contributed by atoms with Gasteiger partial charge in [-0.1, -0.05) is 0 Å². The number of morpholine rings is 1. The van der Waals surface area contributed by atoms with Gasteiger partial charge in [0.05, 0.1) is 44.2 Å². The molecule has 2 aliphatic heterocycles. The van der Waals surface area contributed by atoms with Gasteiger partial charge in [-0.15, -0.1) is 0 Å². The maximum atomic E-state index is 12.4. The molecule has 1 atom stereocenters. The van der Waals surface area contributed by atoms with Crippen molar-refractivity contribution in [1.82, 2.24) is 9.88 Å². The topological polar surface area (TPSA) is 68.0 Å². The number of amides is 1. The van der Waals surface area contributed by atoms with E-state index in [-0.39, 0.29) is 12.5 Å². The van der Waals surface area contributed by atoms with Crippen molar-refractivity contribution in [1.29, 1.82) is 0 Å². The SMILES string of the molecule is O=C1CO[C@]2(COCCN(Cc3ccoc3)C2)CN1c1cccnc1. The lowest BCUT2D eigenvalue weighted by atomic mass is 10.0. The highest BCUT2D eigenvalue weighted by Crippen LogP contribution is 2.27. The first-order valence-electron chi connectivity index (χ1n) is 8.40. The Labute approximate surface area is 146 Å². The highest BCUT2D eigenvalue weighted by molar-refractivity contribution is 5.95. The van der Waals surface area contributed by atoms with Gasteiger partial charge in [0.2, 0.25) is 0 Å². The van der Waals surface area contributed by atoms with Gasteiger partial charge in [-0.25, -0.2) is 0 Å². The van der Waals surface area contributed by atoms with E-state index in [2.05, 4.69) is 9.88 Å². The average Bonchev–Trinajstić information content (AvgIpc) is 3.07. The molecule has 2 saturated heterocycles. The van der Waals surface area contributed by atoms with Crippen LogP contribution in [0.2, 0.25) is 0 Å². The van der Waals surface area contributed by atoms with Crippen LogP contribution in [0, 0.1) is 0 Å². The molecule has 0 unspecified atom stereocenters. The molecule has 2 aliphatic rings. The van der Waals surface area contributed by atoms with Gasteiger partial charge < -0.3 is 18.8 Å². The molecule has 2 aromatic rings. The third-order valence-corrected chi connectivity index (χ3v) is 4.62. The van der Waals surface area contributed by atoms with Crippen LogP contribution in [-0.2, 0) is 20.8 Å². The summed E-state index contributed by atoms with van der Waals surface area (Å²) in [5, 5.41) is 0. The number of hydrogen-bond acceptors (Lipinski definition) is 6. The van der Waals surface area contributed by atoms with E-state index in [0.29, 0.717) is 26.3 Å². The summed E-state index contributed by atoms with van der Waals surface area (Å²) >= 11 is 0. The van der Waals surface area contributed by atoms with Gasteiger partial charge in [0.15, 0.2) is 0 Å². The van der Waals surface area contributed by atoms with Crippen molar-refractivity contribution >= 4 is 11.6 Å². The van der Waals surface area contributed by atoms with E-state index in [1.807, 2.05) is 18.2 Å². The Morgan fingerprint density at radius 1 is 1.28 bits per heavy atom. The predicted octanol–water partition coefficient (Wildman–Crippen LogP) is 1.31. The zero-order valence-corrected chi connectivity index (χ0v) is 14.0. The Morgan fingerprint density at radius 3 is 3.04 bits per heavy atom. The quantitative estimate of drug-likeness (QED) is 0.837. The van der Waals surface area contributed by atoms with Gasteiger partial charge in [-0.3, -0.25) is 14.7 Å². The van der Waals surface area contributed by atoms with Crippen LogP contribution >= 0.6 is 0 Å². The molecule has 7 heteroatoms. The summed E-state index contributed by atoms with van der Waals surface area (Å²) in [7, 11) is 0. The number of aromatic nitrogens is 1. The summed E-state index contributed by atoms with van der Waals surface area (Å²) in [4.78, 5) is 20.5. The number of nitrogens with zero attached hydrogens (tertiary/aromatic N) is 3. The molecule has 132 valence electrons. The molecule has 2 fully saturated rings. The van der Waals surface area contributed by atoms with E-state index in [4.69, 9.17) is 13.9 Å². The molecule has 0 saturated carbocycles. The van der Waals surface area contributed by atoms with Crippen LogP contribution < -0.4 is 4.90 Å². The fraction of sp³-hybridized carbons (Fsp3) is 0.444. The summed E-state index contributed by atoms with van der Waals surface area (Å²) in [5.41, 5.74) is 1.37. The number of ether oxygens (including phenoxy) is 2. The number of anilines is 1. The number of rotatable bonds is 3. The van der Waals surface area contributed by atoms with Crippen molar-refractivity contribution in [3.63, 3.8) is 0 Å². The lowest BCUT2D eigenvalue weighted by molar-refractivity contribution is -0.146. The maximum Gasteiger partial charge on any atom is 0.253 e. The van der Waals surface area contributed by atoms with E-state index in [9.17, 15) is 4.79 Å². The number of pyridine rings is 1. The molecular weight excluding hydrogens is 322 g/mol. The molecule has 2 aromatic heterocycles. The van der Waals surface area contributed by atoms with Crippen LogP contribution in [-0.4, -0.2) is 60.8 Å². The summed E-state index contributed by atoms with van der Waals surface area (Å²) in [6, 6.07) is 5.69. The Balaban J connectivity index is 1.53. The Hall–Kier alpha value is -2.22. The lowest BCUT2D eigenvalue weighted by Crippen LogP contribution is -2.60. The van der Waals surface area contributed by atoms with Crippen molar-refractivity contribution in [3.05, 3.63) is 48.7 Å². The van der Waals surface area contributed by atoms with Crippen LogP contribution in [0.5, 0.6) is 0 Å². The van der Waals surface area contributed by atoms with E-state index < -0.39 is 5.60 Å². The monoisotopic (exact) mass is 343 g/mol. The van der Waals surface area contributed by atoms with E-state index >= 15 is 0 Å². The minimum absolute atomic E-state index is 0.0516. The second-order valence-electron chi connectivity index (χ2n) is 6.56. The molecule has 4 rings (SSSR count). The average molecular weight is 343 g/mol. The first-order chi connectivity index (χ1) is 12.2. The molecule has 7 nitrogen and oxygen atoms in total. The van der Waals surface area contributed by atoms with Gasteiger partial charge >= 0.3 is 0 Å². The Bertz CT molecular complexity index is 706. The van der Waals surface area contributed by atoms with Crippen LogP contribution in [0.1, 0.15) is 5.56 Å². The summed E-state index contributed by atoms with van der Waals surface area (Å²) < 4.78 is 17.0. The predicted molar refractivity (Wildman–Crippen MR) is 90.1 cm³/mol. The largest absolute Gasteiger partial charge is 0.472 e. The van der Waals surface area contributed by atoms with Crippen molar-refractivity contribution in [2.75, 3.05) is 44.4 Å². The lowest BCUT2D eigenvalue weighted by Gasteiger charge is -2.42. The molecule has 1 amide bonds.